The van der Waals surface area contributed by atoms with Crippen molar-refractivity contribution >= 4 is 18.3 Å². The summed E-state index contributed by atoms with van der Waals surface area (Å²) in [5, 5.41) is 20.8. The standard InChI is InChI=1S/C15H19NO6/c1-15(2,3)22-14(21)16-11(13(19)20)7-9-4-5-12(18)10(6-9)8-17/h4-6,8,11,18H,7H2,1-3H3,(H,16,21)(H,19,20). The minimum absolute atomic E-state index is 0.0459. The molecule has 1 atom stereocenters. The topological polar surface area (TPSA) is 113 Å². The molecule has 1 aromatic rings. The molecule has 7 nitrogen and oxygen atoms in total. The molecule has 0 saturated heterocycles. The van der Waals surface area contributed by atoms with Crippen LogP contribution in [0.3, 0.4) is 0 Å². The van der Waals surface area contributed by atoms with Gasteiger partial charge in [-0.1, -0.05) is 6.07 Å². The van der Waals surface area contributed by atoms with Crippen LogP contribution in [0.1, 0.15) is 36.7 Å². The van der Waals surface area contributed by atoms with Crippen molar-refractivity contribution in [1.29, 1.82) is 0 Å². The van der Waals surface area contributed by atoms with E-state index in [0.29, 0.717) is 11.8 Å². The zero-order valence-electron chi connectivity index (χ0n) is 12.6. The minimum atomic E-state index is -1.23. The molecule has 3 N–H and O–H groups in total. The molecule has 0 heterocycles. The van der Waals surface area contributed by atoms with E-state index in [1.165, 1.54) is 18.2 Å². The summed E-state index contributed by atoms with van der Waals surface area (Å²) >= 11 is 0. The fourth-order valence-electron chi connectivity index (χ4n) is 1.71. The minimum Gasteiger partial charge on any atom is -0.507 e. The van der Waals surface area contributed by atoms with E-state index in [9.17, 15) is 24.6 Å². The van der Waals surface area contributed by atoms with Crippen LogP contribution in [-0.4, -0.2) is 40.2 Å². The second-order valence-electron chi connectivity index (χ2n) is 5.75. The van der Waals surface area contributed by atoms with Crippen LogP contribution in [0.15, 0.2) is 18.2 Å². The van der Waals surface area contributed by atoms with Gasteiger partial charge in [-0.15, -0.1) is 0 Å². The van der Waals surface area contributed by atoms with Crippen LogP contribution in [0.5, 0.6) is 5.75 Å². The zero-order valence-corrected chi connectivity index (χ0v) is 12.6. The van der Waals surface area contributed by atoms with Gasteiger partial charge in [0.05, 0.1) is 5.56 Å². The molecule has 1 amide bonds. The van der Waals surface area contributed by atoms with Gasteiger partial charge in [0.1, 0.15) is 17.4 Å². The van der Waals surface area contributed by atoms with Crippen LogP contribution in [0, 0.1) is 0 Å². The Labute approximate surface area is 127 Å². The van der Waals surface area contributed by atoms with Crippen molar-refractivity contribution in [3.63, 3.8) is 0 Å². The van der Waals surface area contributed by atoms with Gasteiger partial charge in [0.25, 0.3) is 0 Å². The number of phenolic OH excluding ortho intramolecular Hbond substituents is 1. The third-order valence-electron chi connectivity index (χ3n) is 2.65. The number of aldehydes is 1. The highest BCUT2D eigenvalue weighted by Crippen LogP contribution is 2.17. The number of amides is 1. The third kappa shape index (κ3) is 5.43. The Morgan fingerprint density at radius 2 is 2.00 bits per heavy atom. The molecule has 0 spiro atoms. The average Bonchev–Trinajstić information content (AvgIpc) is 2.37. The molecule has 1 unspecified atom stereocenters. The van der Waals surface area contributed by atoms with Crippen LogP contribution in [0.2, 0.25) is 0 Å². The van der Waals surface area contributed by atoms with Crippen molar-refractivity contribution in [2.75, 3.05) is 0 Å². The molecular formula is C15H19NO6. The van der Waals surface area contributed by atoms with Gasteiger partial charge in [-0.3, -0.25) is 4.79 Å². The molecule has 1 aromatic carbocycles. The number of carbonyl (C=O) groups excluding carboxylic acids is 2. The number of aromatic hydroxyl groups is 1. The van der Waals surface area contributed by atoms with Crippen molar-refractivity contribution in [3.8, 4) is 5.75 Å². The molecule has 0 fully saturated rings. The molecule has 0 bridgehead atoms. The SMILES string of the molecule is CC(C)(C)OC(=O)NC(Cc1ccc(O)c(C=O)c1)C(=O)O. The summed E-state index contributed by atoms with van der Waals surface area (Å²) in [6, 6.07) is 2.94. The first-order chi connectivity index (χ1) is 10.1. The van der Waals surface area contributed by atoms with Gasteiger partial charge in [-0.2, -0.15) is 0 Å². The highest BCUT2D eigenvalue weighted by Gasteiger charge is 2.24. The Morgan fingerprint density at radius 3 is 2.50 bits per heavy atom. The summed E-state index contributed by atoms with van der Waals surface area (Å²) in [7, 11) is 0. The van der Waals surface area contributed by atoms with Gasteiger partial charge in [0.15, 0.2) is 6.29 Å². The lowest BCUT2D eigenvalue weighted by Crippen LogP contribution is -2.44. The molecule has 0 aromatic heterocycles. The molecular weight excluding hydrogens is 290 g/mol. The number of carboxylic acids is 1. The van der Waals surface area contributed by atoms with Crippen LogP contribution in [-0.2, 0) is 16.0 Å². The Kier molecular flexibility index (Phi) is 5.50. The Hall–Kier alpha value is -2.57. The summed E-state index contributed by atoms with van der Waals surface area (Å²) < 4.78 is 5.01. The number of alkyl carbamates (subject to hydrolysis) is 1. The predicted molar refractivity (Wildman–Crippen MR) is 78.0 cm³/mol. The third-order valence-corrected chi connectivity index (χ3v) is 2.65. The van der Waals surface area contributed by atoms with E-state index in [4.69, 9.17) is 4.74 Å². The van der Waals surface area contributed by atoms with E-state index < -0.39 is 23.7 Å². The monoisotopic (exact) mass is 309 g/mol. The quantitative estimate of drug-likeness (QED) is 0.714. The average molecular weight is 309 g/mol. The number of nitrogens with one attached hydrogen (secondary N) is 1. The van der Waals surface area contributed by atoms with Crippen molar-refractivity contribution in [2.24, 2.45) is 0 Å². The van der Waals surface area contributed by atoms with E-state index in [0.717, 1.165) is 0 Å². The van der Waals surface area contributed by atoms with Crippen molar-refractivity contribution in [3.05, 3.63) is 29.3 Å². The second-order valence-corrected chi connectivity index (χ2v) is 5.75. The van der Waals surface area contributed by atoms with Crippen LogP contribution in [0.4, 0.5) is 4.79 Å². The molecule has 0 aliphatic rings. The Morgan fingerprint density at radius 1 is 1.36 bits per heavy atom. The predicted octanol–water partition coefficient (Wildman–Crippen LogP) is 1.73. The number of hydrogen-bond acceptors (Lipinski definition) is 5. The maximum atomic E-state index is 11.6. The second kappa shape index (κ2) is 6.93. The first-order valence-corrected chi connectivity index (χ1v) is 6.62. The first kappa shape index (κ1) is 17.5. The maximum Gasteiger partial charge on any atom is 0.408 e. The van der Waals surface area contributed by atoms with E-state index in [1.54, 1.807) is 20.8 Å². The maximum absolute atomic E-state index is 11.6. The number of benzene rings is 1. The van der Waals surface area contributed by atoms with Crippen molar-refractivity contribution in [1.82, 2.24) is 5.32 Å². The van der Waals surface area contributed by atoms with Crippen molar-refractivity contribution in [2.45, 2.75) is 38.8 Å². The molecule has 22 heavy (non-hydrogen) atoms. The van der Waals surface area contributed by atoms with Gasteiger partial charge >= 0.3 is 12.1 Å². The number of ether oxygens (including phenoxy) is 1. The lowest BCUT2D eigenvalue weighted by molar-refractivity contribution is -0.139. The van der Waals surface area contributed by atoms with Gasteiger partial charge in [0, 0.05) is 6.42 Å². The number of carbonyl (C=O) groups is 3. The van der Waals surface area contributed by atoms with Gasteiger partial charge < -0.3 is 20.3 Å². The first-order valence-electron chi connectivity index (χ1n) is 6.62. The summed E-state index contributed by atoms with van der Waals surface area (Å²) in [5.74, 6) is -1.42. The number of phenols is 1. The van der Waals surface area contributed by atoms with E-state index >= 15 is 0 Å². The molecule has 0 saturated carbocycles. The summed E-state index contributed by atoms with van der Waals surface area (Å²) in [6.45, 7) is 5.00. The summed E-state index contributed by atoms with van der Waals surface area (Å²) in [4.78, 5) is 33.7. The molecule has 7 heteroatoms. The number of aliphatic carboxylic acids is 1. The van der Waals surface area contributed by atoms with E-state index in [2.05, 4.69) is 5.32 Å². The normalized spacial score (nSPS) is 12.3. The van der Waals surface area contributed by atoms with Crippen LogP contribution >= 0.6 is 0 Å². The van der Waals surface area contributed by atoms with Crippen LogP contribution < -0.4 is 5.32 Å². The molecule has 0 aliphatic carbocycles. The molecule has 0 radical (unpaired) electrons. The largest absolute Gasteiger partial charge is 0.507 e. The Balaban J connectivity index is 2.83. The molecule has 1 rings (SSSR count). The van der Waals surface area contributed by atoms with Gasteiger partial charge in [-0.25, -0.2) is 9.59 Å². The lowest BCUT2D eigenvalue weighted by atomic mass is 10.0. The number of hydrogen-bond donors (Lipinski definition) is 3. The van der Waals surface area contributed by atoms with Crippen molar-refractivity contribution < 1.29 is 29.3 Å². The lowest BCUT2D eigenvalue weighted by Gasteiger charge is -2.22. The molecule has 120 valence electrons. The highest BCUT2D eigenvalue weighted by molar-refractivity contribution is 5.81. The van der Waals surface area contributed by atoms with Crippen LogP contribution in [0.25, 0.3) is 0 Å². The van der Waals surface area contributed by atoms with Gasteiger partial charge in [0.2, 0.25) is 0 Å². The summed E-state index contributed by atoms with van der Waals surface area (Å²) in [5.41, 5.74) is -0.196. The summed E-state index contributed by atoms with van der Waals surface area (Å²) in [6.07, 6.45) is -0.416. The smallest absolute Gasteiger partial charge is 0.408 e. The fraction of sp³-hybridized carbons (Fsp3) is 0.400. The molecule has 0 aliphatic heterocycles. The van der Waals surface area contributed by atoms with E-state index in [1.807, 2.05) is 0 Å². The number of carboxylic acid groups (broad SMARTS) is 1. The zero-order chi connectivity index (χ0) is 16.9. The fourth-order valence-corrected chi connectivity index (χ4v) is 1.71. The Bertz CT molecular complexity index is 576. The highest BCUT2D eigenvalue weighted by atomic mass is 16.6. The number of rotatable bonds is 5. The van der Waals surface area contributed by atoms with E-state index in [-0.39, 0.29) is 17.7 Å². The van der Waals surface area contributed by atoms with Gasteiger partial charge in [-0.05, 0) is 38.5 Å².